The van der Waals surface area contributed by atoms with Gasteiger partial charge in [-0.1, -0.05) is 0 Å². The minimum Gasteiger partial charge on any atom is -0.381 e. The Labute approximate surface area is 96.3 Å². The van der Waals surface area contributed by atoms with Crippen LogP contribution in [0, 0.1) is 0 Å². The zero-order valence-electron chi connectivity index (χ0n) is 9.41. The fourth-order valence-corrected chi connectivity index (χ4v) is 3.83. The molecule has 3 nitrogen and oxygen atoms in total. The Morgan fingerprint density at radius 3 is 2.53 bits per heavy atom. The van der Waals surface area contributed by atoms with Crippen molar-refractivity contribution in [3.05, 3.63) is 0 Å². The molecular weight excluding hydrogens is 210 g/mol. The average molecular weight is 231 g/mol. The molecule has 0 amide bonds. The molecule has 0 spiro atoms. The van der Waals surface area contributed by atoms with E-state index in [0.29, 0.717) is 11.3 Å². The Hall–Kier alpha value is 0.230. The van der Waals surface area contributed by atoms with E-state index >= 15 is 0 Å². The molecule has 2 aliphatic rings. The SMILES string of the molecule is CNC1CCOCC1SC1CCOCC1. The second-order valence-electron chi connectivity index (χ2n) is 4.25. The Morgan fingerprint density at radius 2 is 1.80 bits per heavy atom. The van der Waals surface area contributed by atoms with Gasteiger partial charge in [0.2, 0.25) is 0 Å². The molecule has 2 rings (SSSR count). The van der Waals surface area contributed by atoms with Gasteiger partial charge >= 0.3 is 0 Å². The van der Waals surface area contributed by atoms with E-state index in [4.69, 9.17) is 9.47 Å². The van der Waals surface area contributed by atoms with E-state index in [1.165, 1.54) is 12.8 Å². The fourth-order valence-electron chi connectivity index (χ4n) is 2.24. The van der Waals surface area contributed by atoms with Gasteiger partial charge in [-0.3, -0.25) is 0 Å². The molecule has 0 aromatic rings. The molecule has 15 heavy (non-hydrogen) atoms. The van der Waals surface area contributed by atoms with Gasteiger partial charge in [-0.05, 0) is 26.3 Å². The summed E-state index contributed by atoms with van der Waals surface area (Å²) < 4.78 is 10.9. The molecule has 4 heteroatoms. The van der Waals surface area contributed by atoms with Gasteiger partial charge in [0.05, 0.1) is 6.61 Å². The van der Waals surface area contributed by atoms with Crippen molar-refractivity contribution in [1.29, 1.82) is 0 Å². The van der Waals surface area contributed by atoms with Crippen LogP contribution in [0.25, 0.3) is 0 Å². The van der Waals surface area contributed by atoms with Crippen molar-refractivity contribution >= 4 is 11.8 Å². The van der Waals surface area contributed by atoms with E-state index in [-0.39, 0.29) is 0 Å². The van der Waals surface area contributed by atoms with Crippen LogP contribution in [0.3, 0.4) is 0 Å². The van der Waals surface area contributed by atoms with Crippen molar-refractivity contribution in [3.63, 3.8) is 0 Å². The molecule has 0 aromatic heterocycles. The zero-order chi connectivity index (χ0) is 10.5. The van der Waals surface area contributed by atoms with Crippen molar-refractivity contribution in [1.82, 2.24) is 5.32 Å². The highest BCUT2D eigenvalue weighted by Crippen LogP contribution is 2.30. The van der Waals surface area contributed by atoms with E-state index in [0.717, 1.165) is 38.1 Å². The van der Waals surface area contributed by atoms with Gasteiger partial charge in [-0.2, -0.15) is 11.8 Å². The molecule has 0 aliphatic carbocycles. The van der Waals surface area contributed by atoms with Gasteiger partial charge in [0.1, 0.15) is 0 Å². The summed E-state index contributed by atoms with van der Waals surface area (Å²) in [4.78, 5) is 0. The van der Waals surface area contributed by atoms with E-state index in [1.807, 2.05) is 0 Å². The Balaban J connectivity index is 1.79. The van der Waals surface area contributed by atoms with Crippen molar-refractivity contribution < 1.29 is 9.47 Å². The molecule has 0 saturated carbocycles. The maximum absolute atomic E-state index is 5.56. The molecule has 88 valence electrons. The third-order valence-electron chi connectivity index (χ3n) is 3.21. The van der Waals surface area contributed by atoms with E-state index < -0.39 is 0 Å². The monoisotopic (exact) mass is 231 g/mol. The fraction of sp³-hybridized carbons (Fsp3) is 1.00. The third-order valence-corrected chi connectivity index (χ3v) is 4.88. The highest BCUT2D eigenvalue weighted by Gasteiger charge is 2.28. The Kier molecular flexibility index (Phi) is 4.75. The highest BCUT2D eigenvalue weighted by atomic mass is 32.2. The van der Waals surface area contributed by atoms with Crippen LogP contribution in [0.4, 0.5) is 0 Å². The maximum Gasteiger partial charge on any atom is 0.0600 e. The molecule has 2 fully saturated rings. The molecule has 0 radical (unpaired) electrons. The number of hydrogen-bond acceptors (Lipinski definition) is 4. The van der Waals surface area contributed by atoms with Crippen LogP contribution >= 0.6 is 11.8 Å². The van der Waals surface area contributed by atoms with Gasteiger partial charge in [0.25, 0.3) is 0 Å². The summed E-state index contributed by atoms with van der Waals surface area (Å²) in [5.41, 5.74) is 0. The van der Waals surface area contributed by atoms with Crippen LogP contribution in [0.15, 0.2) is 0 Å². The predicted molar refractivity (Wildman–Crippen MR) is 63.5 cm³/mol. The first-order valence-corrected chi connectivity index (χ1v) is 6.82. The lowest BCUT2D eigenvalue weighted by Gasteiger charge is -2.34. The number of nitrogens with one attached hydrogen (secondary N) is 1. The number of rotatable bonds is 3. The largest absolute Gasteiger partial charge is 0.381 e. The smallest absolute Gasteiger partial charge is 0.0600 e. The molecule has 1 N–H and O–H groups in total. The second kappa shape index (κ2) is 6.09. The van der Waals surface area contributed by atoms with Gasteiger partial charge in [-0.15, -0.1) is 0 Å². The molecular formula is C11H21NO2S. The standard InChI is InChI=1S/C11H21NO2S/c1-12-10-4-7-14-8-11(10)15-9-2-5-13-6-3-9/h9-12H,2-8H2,1H3. The lowest BCUT2D eigenvalue weighted by atomic mass is 10.1. The van der Waals surface area contributed by atoms with Crippen LogP contribution in [-0.2, 0) is 9.47 Å². The van der Waals surface area contributed by atoms with Crippen LogP contribution in [-0.4, -0.2) is 50.0 Å². The lowest BCUT2D eigenvalue weighted by molar-refractivity contribution is 0.0829. The van der Waals surface area contributed by atoms with Crippen LogP contribution < -0.4 is 5.32 Å². The van der Waals surface area contributed by atoms with Crippen LogP contribution in [0.1, 0.15) is 19.3 Å². The highest BCUT2D eigenvalue weighted by molar-refractivity contribution is 8.00. The van der Waals surface area contributed by atoms with Gasteiger partial charge in [0, 0.05) is 36.4 Å². The average Bonchev–Trinajstić information content (AvgIpc) is 2.31. The van der Waals surface area contributed by atoms with Crippen molar-refractivity contribution in [3.8, 4) is 0 Å². The van der Waals surface area contributed by atoms with E-state index in [1.54, 1.807) is 0 Å². The van der Waals surface area contributed by atoms with Crippen LogP contribution in [0.5, 0.6) is 0 Å². The summed E-state index contributed by atoms with van der Waals surface area (Å²) in [6.45, 7) is 3.70. The minimum absolute atomic E-state index is 0.631. The molecule has 0 aromatic carbocycles. The maximum atomic E-state index is 5.56. The van der Waals surface area contributed by atoms with Crippen molar-refractivity contribution in [2.45, 2.75) is 35.8 Å². The summed E-state index contributed by atoms with van der Waals surface area (Å²) in [5.74, 6) is 0. The van der Waals surface area contributed by atoms with Crippen LogP contribution in [0.2, 0.25) is 0 Å². The van der Waals surface area contributed by atoms with Crippen molar-refractivity contribution in [2.75, 3.05) is 33.5 Å². The Morgan fingerprint density at radius 1 is 1.07 bits per heavy atom. The number of thioether (sulfide) groups is 1. The number of ether oxygens (including phenoxy) is 2. The molecule has 2 atom stereocenters. The van der Waals surface area contributed by atoms with Crippen molar-refractivity contribution in [2.24, 2.45) is 0 Å². The topological polar surface area (TPSA) is 30.5 Å². The minimum atomic E-state index is 0.631. The molecule has 2 unspecified atom stereocenters. The quantitative estimate of drug-likeness (QED) is 0.792. The molecule has 0 bridgehead atoms. The zero-order valence-corrected chi connectivity index (χ0v) is 10.2. The predicted octanol–water partition coefficient (Wildman–Crippen LogP) is 1.28. The first-order chi connectivity index (χ1) is 7.40. The summed E-state index contributed by atoms with van der Waals surface area (Å²) in [7, 11) is 2.06. The van der Waals surface area contributed by atoms with Gasteiger partial charge < -0.3 is 14.8 Å². The van der Waals surface area contributed by atoms with Gasteiger partial charge in [-0.25, -0.2) is 0 Å². The molecule has 2 saturated heterocycles. The summed E-state index contributed by atoms with van der Waals surface area (Å²) >= 11 is 2.11. The normalized spacial score (nSPS) is 34.2. The summed E-state index contributed by atoms with van der Waals surface area (Å²) in [6.07, 6.45) is 3.56. The summed E-state index contributed by atoms with van der Waals surface area (Å²) in [5, 5.41) is 4.82. The van der Waals surface area contributed by atoms with E-state index in [2.05, 4.69) is 24.1 Å². The summed E-state index contributed by atoms with van der Waals surface area (Å²) in [6, 6.07) is 0.631. The van der Waals surface area contributed by atoms with Gasteiger partial charge in [0.15, 0.2) is 0 Å². The first-order valence-electron chi connectivity index (χ1n) is 5.88. The second-order valence-corrected chi connectivity index (χ2v) is 5.79. The first kappa shape index (κ1) is 11.7. The molecule has 2 aliphatic heterocycles. The Bertz CT molecular complexity index is 185. The van der Waals surface area contributed by atoms with E-state index in [9.17, 15) is 0 Å². The molecule has 2 heterocycles. The third kappa shape index (κ3) is 3.34. The number of hydrogen-bond donors (Lipinski definition) is 1. The lowest BCUT2D eigenvalue weighted by Crippen LogP contribution is -2.44.